The number of halogens is 4. The summed E-state index contributed by atoms with van der Waals surface area (Å²) in [6.45, 7) is 0. The van der Waals surface area contributed by atoms with Crippen LogP contribution in [-0.2, 0) is 0 Å². The zero-order chi connectivity index (χ0) is 10.9. The Hall–Kier alpha value is -1.08. The van der Waals surface area contributed by atoms with E-state index in [4.69, 9.17) is 10.0 Å². The van der Waals surface area contributed by atoms with Gasteiger partial charge < -0.3 is 10.0 Å². The lowest BCUT2D eigenvalue weighted by Gasteiger charge is -2.09. The van der Waals surface area contributed by atoms with Crippen molar-refractivity contribution in [2.24, 2.45) is 0 Å². The van der Waals surface area contributed by atoms with Gasteiger partial charge in [-0.15, -0.1) is 0 Å². The third-order valence-electron chi connectivity index (χ3n) is 1.66. The Labute approximate surface area is 76.9 Å². The largest absolute Gasteiger partial charge is 0.492 e. The summed E-state index contributed by atoms with van der Waals surface area (Å²) >= 11 is 0. The van der Waals surface area contributed by atoms with E-state index in [1.165, 1.54) is 0 Å². The van der Waals surface area contributed by atoms with Crippen LogP contribution in [0.15, 0.2) is 12.1 Å². The van der Waals surface area contributed by atoms with E-state index in [9.17, 15) is 17.6 Å². The van der Waals surface area contributed by atoms with Gasteiger partial charge in [-0.05, 0) is 12.1 Å². The number of hydrogen-bond donors (Lipinski definition) is 2. The molecule has 76 valence electrons. The first kappa shape index (κ1) is 11.0. The maximum absolute atomic E-state index is 12.8. The van der Waals surface area contributed by atoms with Gasteiger partial charge in [0.2, 0.25) is 0 Å². The zero-order valence-corrected chi connectivity index (χ0v) is 6.72. The van der Waals surface area contributed by atoms with Crippen molar-refractivity contribution in [2.45, 2.75) is 6.43 Å². The quantitative estimate of drug-likeness (QED) is 0.551. The molecule has 0 bridgehead atoms. The third kappa shape index (κ3) is 1.88. The van der Waals surface area contributed by atoms with Crippen molar-refractivity contribution >= 4 is 12.6 Å². The molecule has 0 radical (unpaired) electrons. The molecule has 0 spiro atoms. The molecular weight excluding hydrogens is 203 g/mol. The van der Waals surface area contributed by atoms with Gasteiger partial charge >= 0.3 is 7.12 Å². The van der Waals surface area contributed by atoms with Gasteiger partial charge in [0.1, 0.15) is 11.6 Å². The molecule has 0 aliphatic rings. The van der Waals surface area contributed by atoms with Gasteiger partial charge in [0.25, 0.3) is 6.43 Å². The average Bonchev–Trinajstić information content (AvgIpc) is 2.07. The Morgan fingerprint density at radius 1 is 1.07 bits per heavy atom. The van der Waals surface area contributed by atoms with E-state index in [1.54, 1.807) is 0 Å². The molecule has 14 heavy (non-hydrogen) atoms. The second-order valence-electron chi connectivity index (χ2n) is 2.53. The van der Waals surface area contributed by atoms with Crippen molar-refractivity contribution in [3.05, 3.63) is 29.3 Å². The van der Waals surface area contributed by atoms with Gasteiger partial charge in [-0.3, -0.25) is 0 Å². The van der Waals surface area contributed by atoms with Crippen LogP contribution in [0.4, 0.5) is 17.6 Å². The fourth-order valence-electron chi connectivity index (χ4n) is 1.07. The minimum absolute atomic E-state index is 0.503. The van der Waals surface area contributed by atoms with Crippen LogP contribution in [0.25, 0.3) is 0 Å². The first-order valence-electron chi connectivity index (χ1n) is 3.57. The topological polar surface area (TPSA) is 40.5 Å². The first-order valence-corrected chi connectivity index (χ1v) is 3.57. The Bertz CT molecular complexity index is 310. The first-order chi connectivity index (χ1) is 6.45. The molecule has 0 fully saturated rings. The van der Waals surface area contributed by atoms with Gasteiger partial charge in [0.05, 0.1) is 5.56 Å². The van der Waals surface area contributed by atoms with Crippen LogP contribution in [0.5, 0.6) is 0 Å². The number of benzene rings is 1. The summed E-state index contributed by atoms with van der Waals surface area (Å²) in [5.41, 5.74) is -2.44. The summed E-state index contributed by atoms with van der Waals surface area (Å²) in [5, 5.41) is 17.1. The van der Waals surface area contributed by atoms with Crippen LogP contribution in [0.1, 0.15) is 12.0 Å². The fourth-order valence-corrected chi connectivity index (χ4v) is 1.07. The van der Waals surface area contributed by atoms with Crippen molar-refractivity contribution in [3.8, 4) is 0 Å². The van der Waals surface area contributed by atoms with Crippen LogP contribution in [0.3, 0.4) is 0 Å². The van der Waals surface area contributed by atoms with Crippen molar-refractivity contribution < 1.29 is 27.6 Å². The average molecular weight is 208 g/mol. The Kier molecular flexibility index (Phi) is 3.12. The van der Waals surface area contributed by atoms with Gasteiger partial charge in [0, 0.05) is 5.46 Å². The Balaban J connectivity index is 3.42. The van der Waals surface area contributed by atoms with E-state index in [2.05, 4.69) is 0 Å². The SMILES string of the molecule is OB(O)c1c(F)ccc(F)c1C(F)F. The van der Waals surface area contributed by atoms with E-state index in [0.717, 1.165) is 0 Å². The van der Waals surface area contributed by atoms with Crippen LogP contribution in [0, 0.1) is 11.6 Å². The second-order valence-corrected chi connectivity index (χ2v) is 2.53. The molecule has 0 amide bonds. The molecule has 1 rings (SSSR count). The maximum atomic E-state index is 12.8. The van der Waals surface area contributed by atoms with Crippen molar-refractivity contribution in [2.75, 3.05) is 0 Å². The van der Waals surface area contributed by atoms with Crippen LogP contribution in [0.2, 0.25) is 0 Å². The smallest absolute Gasteiger partial charge is 0.423 e. The summed E-state index contributed by atoms with van der Waals surface area (Å²) in [4.78, 5) is 0. The molecule has 7 heteroatoms. The molecule has 2 N–H and O–H groups in total. The fraction of sp³-hybridized carbons (Fsp3) is 0.143. The standard InChI is InChI=1S/C7H5BF4O2/c9-3-1-2-4(10)6(8(13)14)5(3)7(11)12/h1-2,7,13-14H. The lowest BCUT2D eigenvalue weighted by Crippen LogP contribution is -2.37. The predicted molar refractivity (Wildman–Crippen MR) is 41.1 cm³/mol. The van der Waals surface area contributed by atoms with E-state index >= 15 is 0 Å². The van der Waals surface area contributed by atoms with Gasteiger partial charge in [0.15, 0.2) is 0 Å². The Morgan fingerprint density at radius 2 is 1.57 bits per heavy atom. The molecule has 0 saturated carbocycles. The van der Waals surface area contributed by atoms with E-state index in [0.29, 0.717) is 12.1 Å². The van der Waals surface area contributed by atoms with Crippen LogP contribution >= 0.6 is 0 Å². The number of hydrogen-bond acceptors (Lipinski definition) is 2. The minimum atomic E-state index is -3.30. The maximum Gasteiger partial charge on any atom is 0.492 e. The highest BCUT2D eigenvalue weighted by molar-refractivity contribution is 6.59. The molecule has 0 atom stereocenters. The third-order valence-corrected chi connectivity index (χ3v) is 1.66. The summed E-state index contributed by atoms with van der Waals surface area (Å²) in [6, 6.07) is 1.05. The van der Waals surface area contributed by atoms with Crippen LogP contribution < -0.4 is 5.46 Å². The molecule has 0 unspecified atom stereocenters. The summed E-state index contributed by atoms with van der Waals surface area (Å²) in [7, 11) is -2.46. The monoisotopic (exact) mass is 208 g/mol. The normalized spacial score (nSPS) is 10.8. The molecular formula is C7H5BF4O2. The molecule has 0 heterocycles. The summed E-state index contributed by atoms with van der Waals surface area (Å²) in [6.07, 6.45) is -3.30. The molecule has 0 saturated heterocycles. The van der Waals surface area contributed by atoms with Crippen molar-refractivity contribution in [3.63, 3.8) is 0 Å². The molecule has 0 aromatic heterocycles. The van der Waals surface area contributed by atoms with Crippen LogP contribution in [-0.4, -0.2) is 17.2 Å². The van der Waals surface area contributed by atoms with E-state index in [1.807, 2.05) is 0 Å². The van der Waals surface area contributed by atoms with Gasteiger partial charge in [-0.2, -0.15) is 0 Å². The van der Waals surface area contributed by atoms with Gasteiger partial charge in [-0.25, -0.2) is 17.6 Å². The van der Waals surface area contributed by atoms with Crippen molar-refractivity contribution in [1.29, 1.82) is 0 Å². The minimum Gasteiger partial charge on any atom is -0.423 e. The molecule has 1 aromatic rings. The van der Waals surface area contributed by atoms with Gasteiger partial charge in [-0.1, -0.05) is 0 Å². The Morgan fingerprint density at radius 3 is 1.93 bits per heavy atom. The molecule has 0 aliphatic heterocycles. The molecule has 1 aromatic carbocycles. The number of rotatable bonds is 2. The summed E-state index contributed by atoms with van der Waals surface area (Å²) in [5.74, 6) is -2.65. The highest BCUT2D eigenvalue weighted by Crippen LogP contribution is 2.21. The van der Waals surface area contributed by atoms with E-state index in [-0.39, 0.29) is 0 Å². The highest BCUT2D eigenvalue weighted by atomic mass is 19.3. The number of alkyl halides is 2. The molecule has 2 nitrogen and oxygen atoms in total. The zero-order valence-electron chi connectivity index (χ0n) is 6.72. The van der Waals surface area contributed by atoms with Crippen molar-refractivity contribution in [1.82, 2.24) is 0 Å². The second kappa shape index (κ2) is 3.97. The summed E-state index contributed by atoms with van der Waals surface area (Å²) < 4.78 is 50.0. The lowest BCUT2D eigenvalue weighted by molar-refractivity contribution is 0.146. The lowest BCUT2D eigenvalue weighted by atomic mass is 9.76. The molecule has 0 aliphatic carbocycles. The predicted octanol–water partition coefficient (Wildman–Crippen LogP) is 0.582. The van der Waals surface area contributed by atoms with E-state index < -0.39 is 36.2 Å². The highest BCUT2D eigenvalue weighted by Gasteiger charge is 2.28.